The maximum Gasteiger partial charge on any atom is 0.356 e. The van der Waals surface area contributed by atoms with Crippen LogP contribution in [0.2, 0.25) is 0 Å². The van der Waals surface area contributed by atoms with E-state index in [4.69, 9.17) is 0 Å². The molecule has 0 aliphatic carbocycles. The molecule has 0 spiro atoms. The van der Waals surface area contributed by atoms with Gasteiger partial charge in [-0.2, -0.15) is 0 Å². The number of imidazole rings is 1. The zero-order chi connectivity index (χ0) is 16.7. The number of carboxylic acid groups (broad SMARTS) is 1. The van der Waals surface area contributed by atoms with Gasteiger partial charge in [0, 0.05) is 23.8 Å². The summed E-state index contributed by atoms with van der Waals surface area (Å²) in [7, 11) is 0. The van der Waals surface area contributed by atoms with Crippen molar-refractivity contribution >= 4 is 34.0 Å². The van der Waals surface area contributed by atoms with Gasteiger partial charge in [0.25, 0.3) is 0 Å². The van der Waals surface area contributed by atoms with Crippen molar-refractivity contribution < 1.29 is 9.90 Å². The number of hydrogen-bond acceptors (Lipinski definition) is 6. The summed E-state index contributed by atoms with van der Waals surface area (Å²) in [4.78, 5) is 28.3. The quantitative estimate of drug-likeness (QED) is 0.597. The third-order valence-electron chi connectivity index (χ3n) is 3.62. The van der Waals surface area contributed by atoms with Crippen LogP contribution in [0.4, 0.5) is 11.5 Å². The van der Waals surface area contributed by atoms with E-state index in [1.54, 1.807) is 35.1 Å². The van der Waals surface area contributed by atoms with Crippen molar-refractivity contribution in [1.82, 2.24) is 24.3 Å². The number of nitrogens with one attached hydrogen (secondary N) is 1. The Morgan fingerprint density at radius 3 is 2.92 bits per heavy atom. The van der Waals surface area contributed by atoms with Gasteiger partial charge in [-0.1, -0.05) is 0 Å². The second kappa shape index (κ2) is 5.27. The minimum Gasteiger partial charge on any atom is -0.476 e. The molecule has 0 aromatic carbocycles. The van der Waals surface area contributed by atoms with Gasteiger partial charge in [0.1, 0.15) is 11.8 Å². The Labute approximate surface area is 135 Å². The van der Waals surface area contributed by atoms with E-state index in [0.29, 0.717) is 22.4 Å². The van der Waals surface area contributed by atoms with Crippen molar-refractivity contribution in [3.8, 4) is 0 Å². The Morgan fingerprint density at radius 1 is 1.25 bits per heavy atom. The first-order chi connectivity index (χ1) is 11.6. The van der Waals surface area contributed by atoms with Gasteiger partial charge in [0.05, 0.1) is 17.2 Å². The summed E-state index contributed by atoms with van der Waals surface area (Å²) in [5, 5.41) is 12.6. The minimum absolute atomic E-state index is 0.0680. The first kappa shape index (κ1) is 14.1. The van der Waals surface area contributed by atoms with Gasteiger partial charge in [-0.3, -0.25) is 14.4 Å². The van der Waals surface area contributed by atoms with E-state index in [0.717, 1.165) is 11.4 Å². The van der Waals surface area contributed by atoms with E-state index in [1.165, 1.54) is 6.33 Å². The second-order valence-electron chi connectivity index (χ2n) is 5.25. The molecule has 8 nitrogen and oxygen atoms in total. The Morgan fingerprint density at radius 2 is 2.12 bits per heavy atom. The molecule has 0 amide bonds. The monoisotopic (exact) mass is 320 g/mol. The molecule has 0 aliphatic heterocycles. The summed E-state index contributed by atoms with van der Waals surface area (Å²) in [6.07, 6.45) is 6.40. The summed E-state index contributed by atoms with van der Waals surface area (Å²) in [5.74, 6) is -0.703. The molecule has 0 saturated heterocycles. The highest BCUT2D eigenvalue weighted by atomic mass is 16.4. The summed E-state index contributed by atoms with van der Waals surface area (Å²) in [6, 6.07) is 5.41. The largest absolute Gasteiger partial charge is 0.476 e. The topological polar surface area (TPSA) is 105 Å². The van der Waals surface area contributed by atoms with Crippen molar-refractivity contribution in [2.45, 2.75) is 6.92 Å². The van der Waals surface area contributed by atoms with Crippen molar-refractivity contribution in [1.29, 1.82) is 0 Å². The number of rotatable bonds is 3. The molecule has 8 heteroatoms. The van der Waals surface area contributed by atoms with Gasteiger partial charge in [-0.25, -0.2) is 14.8 Å². The van der Waals surface area contributed by atoms with Crippen LogP contribution in [0.3, 0.4) is 0 Å². The van der Waals surface area contributed by atoms with Crippen molar-refractivity contribution in [2.24, 2.45) is 0 Å². The van der Waals surface area contributed by atoms with E-state index in [2.05, 4.69) is 25.3 Å². The van der Waals surface area contributed by atoms with Crippen molar-refractivity contribution in [3.63, 3.8) is 0 Å². The Balaban J connectivity index is 2.00. The Kier molecular flexibility index (Phi) is 3.09. The minimum atomic E-state index is -1.11. The summed E-state index contributed by atoms with van der Waals surface area (Å²) >= 11 is 0. The zero-order valence-electron chi connectivity index (χ0n) is 12.6. The molecule has 0 radical (unpaired) electrons. The molecule has 2 N–H and O–H groups in total. The first-order valence-electron chi connectivity index (χ1n) is 7.17. The number of nitrogens with zero attached hydrogens (tertiary/aromatic N) is 5. The van der Waals surface area contributed by atoms with Crippen LogP contribution in [0.25, 0.3) is 16.6 Å². The Bertz CT molecular complexity index is 1090. The number of fused-ring (bicyclic) bond motifs is 3. The van der Waals surface area contributed by atoms with Crippen LogP contribution in [0.15, 0.2) is 43.1 Å². The lowest BCUT2D eigenvalue weighted by molar-refractivity contribution is 0.0693. The van der Waals surface area contributed by atoms with Gasteiger partial charge in [-0.15, -0.1) is 0 Å². The molecule has 4 heterocycles. The van der Waals surface area contributed by atoms with Crippen LogP contribution in [0, 0.1) is 6.92 Å². The SMILES string of the molecule is Cc1cc(Nc2nc3ccncc3n3cnc(C(=O)O)c23)ccn1. The van der Waals surface area contributed by atoms with E-state index in [1.807, 2.05) is 13.0 Å². The molecule has 4 aromatic rings. The molecule has 4 aromatic heterocycles. The number of anilines is 2. The molecule has 0 atom stereocenters. The lowest BCUT2D eigenvalue weighted by atomic mass is 10.3. The molecular formula is C16H12N6O2. The predicted octanol–water partition coefficient (Wildman–Crippen LogP) is 2.42. The fraction of sp³-hybridized carbons (Fsp3) is 0.0625. The number of aryl methyl sites for hydroxylation is 1. The molecule has 118 valence electrons. The average Bonchev–Trinajstić information content (AvgIpc) is 3.01. The van der Waals surface area contributed by atoms with Crippen molar-refractivity contribution in [2.75, 3.05) is 5.32 Å². The number of aromatic nitrogens is 5. The van der Waals surface area contributed by atoms with Crippen LogP contribution in [0.5, 0.6) is 0 Å². The van der Waals surface area contributed by atoms with Crippen LogP contribution in [-0.2, 0) is 0 Å². The van der Waals surface area contributed by atoms with E-state index >= 15 is 0 Å². The number of carbonyl (C=O) groups is 1. The molecule has 0 bridgehead atoms. The van der Waals surface area contributed by atoms with Crippen LogP contribution < -0.4 is 5.32 Å². The molecular weight excluding hydrogens is 308 g/mol. The van der Waals surface area contributed by atoms with Gasteiger partial charge in [0.2, 0.25) is 0 Å². The molecule has 0 aliphatic rings. The predicted molar refractivity (Wildman–Crippen MR) is 87.5 cm³/mol. The van der Waals surface area contributed by atoms with Gasteiger partial charge < -0.3 is 10.4 Å². The Hall–Kier alpha value is -3.55. The van der Waals surface area contributed by atoms with Gasteiger partial charge in [0.15, 0.2) is 11.5 Å². The molecule has 0 saturated carbocycles. The number of carboxylic acids is 1. The van der Waals surface area contributed by atoms with E-state index < -0.39 is 5.97 Å². The number of hydrogen-bond donors (Lipinski definition) is 2. The third kappa shape index (κ3) is 2.21. The maximum absolute atomic E-state index is 11.5. The fourth-order valence-corrected chi connectivity index (χ4v) is 2.59. The first-order valence-corrected chi connectivity index (χ1v) is 7.17. The number of aromatic carboxylic acids is 1. The average molecular weight is 320 g/mol. The second-order valence-corrected chi connectivity index (χ2v) is 5.25. The maximum atomic E-state index is 11.5. The molecule has 0 unspecified atom stereocenters. The summed E-state index contributed by atoms with van der Waals surface area (Å²) < 4.78 is 1.68. The highest BCUT2D eigenvalue weighted by Gasteiger charge is 2.19. The van der Waals surface area contributed by atoms with Crippen LogP contribution in [-0.4, -0.2) is 35.4 Å². The number of pyridine rings is 2. The fourth-order valence-electron chi connectivity index (χ4n) is 2.59. The van der Waals surface area contributed by atoms with Gasteiger partial charge >= 0.3 is 5.97 Å². The lowest BCUT2D eigenvalue weighted by Gasteiger charge is -2.10. The molecule has 4 rings (SSSR count). The smallest absolute Gasteiger partial charge is 0.356 e. The standard InChI is InChI=1S/C16H12N6O2/c1-9-6-10(2-5-18-9)20-15-14-13(16(23)24)19-8-22(14)12-7-17-4-3-11(12)21-15/h2-8H,1H3,(H,23,24)(H,18,20,21). The van der Waals surface area contributed by atoms with E-state index in [9.17, 15) is 9.90 Å². The van der Waals surface area contributed by atoms with Crippen LogP contribution in [0.1, 0.15) is 16.2 Å². The van der Waals surface area contributed by atoms with Crippen molar-refractivity contribution in [3.05, 3.63) is 54.5 Å². The van der Waals surface area contributed by atoms with E-state index in [-0.39, 0.29) is 5.69 Å². The van der Waals surface area contributed by atoms with Crippen LogP contribution >= 0.6 is 0 Å². The lowest BCUT2D eigenvalue weighted by Crippen LogP contribution is -2.04. The third-order valence-corrected chi connectivity index (χ3v) is 3.62. The highest BCUT2D eigenvalue weighted by Crippen LogP contribution is 2.26. The molecule has 24 heavy (non-hydrogen) atoms. The highest BCUT2D eigenvalue weighted by molar-refractivity contribution is 6.00. The molecule has 0 fully saturated rings. The summed E-state index contributed by atoms with van der Waals surface area (Å²) in [5.41, 5.74) is 3.29. The summed E-state index contributed by atoms with van der Waals surface area (Å²) in [6.45, 7) is 1.88. The zero-order valence-corrected chi connectivity index (χ0v) is 12.6. The normalized spacial score (nSPS) is 11.0. The van der Waals surface area contributed by atoms with Gasteiger partial charge in [-0.05, 0) is 25.1 Å².